The number of rotatable bonds is 18. The fourth-order valence-electron chi connectivity index (χ4n) is 13.4. The molecule has 1 aliphatic carbocycles. The number of halogens is 2. The van der Waals surface area contributed by atoms with Crippen LogP contribution in [0.15, 0.2) is 224 Å². The van der Waals surface area contributed by atoms with E-state index < -0.39 is 41.1 Å². The van der Waals surface area contributed by atoms with Gasteiger partial charge in [0.15, 0.2) is 11.6 Å². The molecule has 9 aromatic carbocycles. The first-order valence-electron chi connectivity index (χ1n) is 39.4. The minimum atomic E-state index is -0.891. The number of carbonyl (C=O) groups excluding carboxylic acids is 5. The lowest BCUT2D eigenvalue weighted by atomic mass is 9.95. The molecule has 22 heteroatoms. The maximum Gasteiger partial charge on any atom is 0.412 e. The summed E-state index contributed by atoms with van der Waals surface area (Å²) in [5.74, 6) is -0.891. The summed E-state index contributed by atoms with van der Waals surface area (Å²) >= 11 is 3.44. The van der Waals surface area contributed by atoms with Gasteiger partial charge < -0.3 is 39.4 Å². The number of carboxylic acids is 1. The Hall–Kier alpha value is -10.9. The number of fused-ring (bicyclic) bond motifs is 3. The number of aromatic carboxylic acids is 1. The lowest BCUT2D eigenvalue weighted by molar-refractivity contribution is 0.0624. The van der Waals surface area contributed by atoms with Gasteiger partial charge in [-0.15, -0.1) is 17.0 Å². The lowest BCUT2D eigenvalue weighted by Gasteiger charge is -2.32. The molecule has 0 saturated carbocycles. The number of Topliss-reactive ketones (excluding diaryl/α,β-unsaturated/α-hetero) is 2. The van der Waals surface area contributed by atoms with Gasteiger partial charge in [0.2, 0.25) is 0 Å². The number of hydrogen-bond donors (Lipinski definition) is 5. The fourth-order valence-corrected chi connectivity index (χ4v) is 13.9. The minimum Gasteiger partial charge on any atom is -0.478 e. The standard InChI is InChI=1S/C34H40N4O3.C28H27NO3.C17H20N2O2.C9H7NO2.C7H15BrN2.BrH/c1-34(2,3)41-33(40)35-30-12-10-26(25-8-6-5-7-9-25)22-29(30)24-32(39)28-11-13-31-27(23-28)14-15-38(31)21-20-37-18-16-36(4)17-19-37;1-28(2,3)32-27(31)29-25-15-14-22(19-8-5-4-6-9-19)17-24(25)18-26(30)23-13-12-20-10-7-11-21(20)16-23;1-17(2,3)21-16(20)19-15-10-9-13(11-14(15)18)12-7-5-4-6-8-12;11-9(12)6-1-2-7-4-10-5-8(7)3-6;1-9-4-6-10(3-2-8)7-5-9;/h5-15,22-23H,16-21,24H2,1-4H3,(H,35,40);4-9,11-17H,10,18H2,1-3H3,(H,29,31);4-11H,18H2,1-3H3,(H,19,20);1-3,5H,4H2,(H,11,12);2-7H2,1H3;1H. The first kappa shape index (κ1) is 90.1. The highest BCUT2D eigenvalue weighted by molar-refractivity contribution is 9.09. The Bertz CT molecular complexity index is 5090. The zero-order valence-corrected chi connectivity index (χ0v) is 72.2. The summed E-state index contributed by atoms with van der Waals surface area (Å²) in [6.07, 6.45) is 7.62. The number of amides is 3. The van der Waals surface area contributed by atoms with Crippen LogP contribution < -0.4 is 21.7 Å². The number of ether oxygens (including phenoxy) is 3. The average Bonchev–Trinajstić information content (AvgIpc) is 1.74. The van der Waals surface area contributed by atoms with Crippen molar-refractivity contribution in [3.63, 3.8) is 0 Å². The number of carbonyl (C=O) groups is 6. The predicted octanol–water partition coefficient (Wildman–Crippen LogP) is 19.8. The zero-order valence-electron chi connectivity index (χ0n) is 68.9. The van der Waals surface area contributed by atoms with E-state index in [1.54, 1.807) is 24.4 Å². The van der Waals surface area contributed by atoms with E-state index in [2.05, 4.69) is 99.6 Å². The third kappa shape index (κ3) is 28.2. The Morgan fingerprint density at radius 1 is 0.462 bits per heavy atom. The average molecular weight is 1710 g/mol. The van der Waals surface area contributed by atoms with Gasteiger partial charge in [-0.2, -0.15) is 0 Å². The Kier molecular flexibility index (Phi) is 32.6. The summed E-state index contributed by atoms with van der Waals surface area (Å²) in [5, 5.41) is 19.2. The number of allylic oxidation sites excluding steroid dienone is 1. The molecule has 14 rings (SSSR count). The molecule has 0 unspecified atom stereocenters. The molecule has 0 atom stereocenters. The molecule has 0 spiro atoms. The smallest absolute Gasteiger partial charge is 0.412 e. The summed E-state index contributed by atoms with van der Waals surface area (Å²) in [6, 6.07) is 65.9. The first-order chi connectivity index (χ1) is 55.4. The van der Waals surface area contributed by atoms with Crippen LogP contribution in [0.2, 0.25) is 0 Å². The summed E-state index contributed by atoms with van der Waals surface area (Å²) < 4.78 is 18.4. The Morgan fingerprint density at radius 2 is 0.889 bits per heavy atom. The third-order valence-corrected chi connectivity index (χ3v) is 19.9. The van der Waals surface area contributed by atoms with Gasteiger partial charge in [-0.1, -0.05) is 155 Å². The Balaban J connectivity index is 0.000000181. The summed E-state index contributed by atoms with van der Waals surface area (Å²) in [4.78, 5) is 87.8. The number of nitrogens with two attached hydrogens (primary N) is 1. The number of aromatic nitrogens is 1. The number of likely N-dealkylation sites (N-methyl/N-ethyl adjacent to an activating group) is 2. The van der Waals surface area contributed by atoms with Crippen LogP contribution in [0.1, 0.15) is 127 Å². The van der Waals surface area contributed by atoms with Crippen molar-refractivity contribution < 1.29 is 48.1 Å². The van der Waals surface area contributed by atoms with Crippen LogP contribution >= 0.6 is 32.9 Å². The maximum atomic E-state index is 13.6. The highest BCUT2D eigenvalue weighted by atomic mass is 79.9. The molecule has 0 radical (unpaired) electrons. The zero-order chi connectivity index (χ0) is 83.1. The molecule has 0 bridgehead atoms. The minimum absolute atomic E-state index is 0. The van der Waals surface area contributed by atoms with Crippen molar-refractivity contribution in [3.8, 4) is 33.4 Å². The van der Waals surface area contributed by atoms with E-state index in [4.69, 9.17) is 25.1 Å². The van der Waals surface area contributed by atoms with Crippen molar-refractivity contribution in [3.05, 3.63) is 269 Å². The van der Waals surface area contributed by atoms with Crippen LogP contribution in [0.3, 0.4) is 0 Å². The van der Waals surface area contributed by atoms with Gasteiger partial charge >= 0.3 is 24.2 Å². The molecule has 117 heavy (non-hydrogen) atoms. The van der Waals surface area contributed by atoms with Crippen LogP contribution in [0, 0.1) is 0 Å². The van der Waals surface area contributed by atoms with Crippen molar-refractivity contribution >= 4 is 115 Å². The van der Waals surface area contributed by atoms with Gasteiger partial charge in [0, 0.05) is 136 Å². The van der Waals surface area contributed by atoms with Crippen LogP contribution in [-0.2, 0) is 46.6 Å². The largest absolute Gasteiger partial charge is 0.478 e. The predicted molar refractivity (Wildman–Crippen MR) is 483 cm³/mol. The number of carboxylic acid groups (broad SMARTS) is 1. The van der Waals surface area contributed by atoms with E-state index >= 15 is 0 Å². The molecular formula is C95H110Br2N10O10. The number of alkyl halides is 1. The molecule has 3 amide bonds. The second-order valence-electron chi connectivity index (χ2n) is 32.2. The van der Waals surface area contributed by atoms with E-state index in [-0.39, 0.29) is 41.4 Å². The van der Waals surface area contributed by atoms with E-state index in [0.29, 0.717) is 46.0 Å². The highest BCUT2D eigenvalue weighted by Crippen LogP contribution is 2.33. The van der Waals surface area contributed by atoms with Crippen molar-refractivity contribution in [2.24, 2.45) is 4.99 Å². The second kappa shape index (κ2) is 42.3. The van der Waals surface area contributed by atoms with E-state index in [9.17, 15) is 28.8 Å². The van der Waals surface area contributed by atoms with Gasteiger partial charge in [0.1, 0.15) is 16.8 Å². The first-order valence-corrected chi connectivity index (χ1v) is 40.5. The number of aliphatic imine (C=N–C) groups is 1. The SMILES string of the molecule is Br.CC(C)(C)OC(=O)Nc1ccc(-c2ccccc2)cc1CC(=O)c1ccc2c(c1)C=CC2.CC(C)(C)OC(=O)Nc1ccc(-c2ccccc2)cc1N.CN1CCN(CCBr)CC1.CN1CCN(CCn2ccc3cc(C(=O)Cc4cc(-c5ccccc5)ccc4NC(=O)OC(C)(C)C)ccc32)CC1.O=C(O)c1ccc2c(c1)C=NC2. The summed E-state index contributed by atoms with van der Waals surface area (Å²) in [6.45, 7) is 29.5. The van der Waals surface area contributed by atoms with Crippen molar-refractivity contribution in [2.75, 3.05) is 107 Å². The van der Waals surface area contributed by atoms with Gasteiger partial charge in [0.05, 0.1) is 23.5 Å². The summed E-state index contributed by atoms with van der Waals surface area (Å²) in [5.41, 5.74) is 21.2. The summed E-state index contributed by atoms with van der Waals surface area (Å²) in [7, 11) is 4.36. The molecule has 4 aliphatic rings. The molecule has 2 saturated heterocycles. The second-order valence-corrected chi connectivity index (χ2v) is 33.0. The molecule has 6 N–H and O–H groups in total. The molecule has 3 aliphatic heterocycles. The molecule has 614 valence electrons. The van der Waals surface area contributed by atoms with Crippen molar-refractivity contribution in [2.45, 2.75) is 111 Å². The number of hydrogen-bond acceptors (Lipinski definition) is 15. The van der Waals surface area contributed by atoms with Gasteiger partial charge in [-0.3, -0.25) is 40.3 Å². The van der Waals surface area contributed by atoms with Crippen LogP contribution in [0.25, 0.3) is 50.4 Å². The number of anilines is 4. The quantitative estimate of drug-likeness (QED) is 0.0232. The molecular weight excluding hydrogens is 1600 g/mol. The van der Waals surface area contributed by atoms with Crippen LogP contribution in [0.5, 0.6) is 0 Å². The van der Waals surface area contributed by atoms with Gasteiger partial charge in [0.25, 0.3) is 0 Å². The van der Waals surface area contributed by atoms with E-state index in [1.165, 1.54) is 38.3 Å². The highest BCUT2D eigenvalue weighted by Gasteiger charge is 2.24. The number of nitrogens with zero attached hydrogens (tertiary/aromatic N) is 6. The molecule has 2 fully saturated rings. The van der Waals surface area contributed by atoms with Crippen LogP contribution in [0.4, 0.5) is 37.1 Å². The number of ketones is 2. The number of piperazine rings is 2. The monoisotopic (exact) mass is 1710 g/mol. The van der Waals surface area contributed by atoms with E-state index in [1.807, 2.05) is 244 Å². The molecule has 4 heterocycles. The molecule has 10 aromatic rings. The number of benzene rings is 9. The van der Waals surface area contributed by atoms with Gasteiger partial charge in [-0.25, -0.2) is 19.2 Å². The van der Waals surface area contributed by atoms with Crippen molar-refractivity contribution in [1.82, 2.24) is 24.2 Å². The maximum absolute atomic E-state index is 13.6. The van der Waals surface area contributed by atoms with Crippen molar-refractivity contribution in [1.29, 1.82) is 0 Å². The van der Waals surface area contributed by atoms with E-state index in [0.717, 1.165) is 123 Å². The van der Waals surface area contributed by atoms with Crippen LogP contribution in [-0.4, -0.2) is 173 Å². The van der Waals surface area contributed by atoms with Gasteiger partial charge in [-0.05, 0) is 228 Å². The Morgan fingerprint density at radius 3 is 1.36 bits per heavy atom. The topological polar surface area (TPSA) is 243 Å². The molecule has 1 aromatic heterocycles. The third-order valence-electron chi connectivity index (χ3n) is 19.5. The Labute approximate surface area is 707 Å². The lowest BCUT2D eigenvalue weighted by Crippen LogP contribution is -2.45. The number of nitrogens with one attached hydrogen (secondary N) is 3. The molecule has 20 nitrogen and oxygen atoms in total. The normalized spacial score (nSPS) is 13.8. The number of nitrogen functional groups attached to an aromatic ring is 1. The fraction of sp³-hybridized carbons (Fsp3) is 0.316.